The molecule has 0 fully saturated rings. The van der Waals surface area contributed by atoms with Crippen LogP contribution in [0.3, 0.4) is 0 Å². The zero-order valence-corrected chi connectivity index (χ0v) is 14.5. The summed E-state index contributed by atoms with van der Waals surface area (Å²) in [6, 6.07) is 0. The normalized spacial score (nSPS) is 11.5. The van der Waals surface area contributed by atoms with E-state index in [9.17, 15) is 4.79 Å². The lowest BCUT2D eigenvalue weighted by Gasteiger charge is -2.30. The third kappa shape index (κ3) is 5.04. The van der Waals surface area contributed by atoms with Crippen LogP contribution in [-0.2, 0) is 10.2 Å². The van der Waals surface area contributed by atoms with Crippen molar-refractivity contribution in [3.63, 3.8) is 0 Å². The quantitative estimate of drug-likeness (QED) is 0.656. The number of amides is 1. The van der Waals surface area contributed by atoms with Crippen LogP contribution in [0, 0.1) is 0 Å². The van der Waals surface area contributed by atoms with Crippen molar-refractivity contribution in [3.05, 3.63) is 12.2 Å². The van der Waals surface area contributed by atoms with E-state index < -0.39 is 0 Å². The van der Waals surface area contributed by atoms with E-state index in [1.807, 2.05) is 6.92 Å². The van der Waals surface area contributed by atoms with E-state index in [1.165, 1.54) is 25.6 Å². The van der Waals surface area contributed by atoms with Crippen molar-refractivity contribution in [2.45, 2.75) is 84.5 Å². The van der Waals surface area contributed by atoms with Gasteiger partial charge in [-0.2, -0.15) is 4.98 Å². The Bertz CT molecular complexity index is 458. The van der Waals surface area contributed by atoms with Crippen LogP contribution in [0.25, 0.3) is 0 Å². The van der Waals surface area contributed by atoms with Gasteiger partial charge in [-0.25, -0.2) is 9.97 Å². The summed E-state index contributed by atoms with van der Waals surface area (Å²) in [6.45, 7) is 8.57. The first-order valence-corrected chi connectivity index (χ1v) is 8.61. The molecule has 124 valence electrons. The molecule has 0 aliphatic rings. The van der Waals surface area contributed by atoms with E-state index in [2.05, 4.69) is 41.0 Å². The summed E-state index contributed by atoms with van der Waals surface area (Å²) >= 11 is 0. The van der Waals surface area contributed by atoms with Gasteiger partial charge in [0.05, 0.1) is 0 Å². The van der Waals surface area contributed by atoms with Crippen LogP contribution in [-0.4, -0.2) is 20.9 Å². The molecule has 0 aromatic carbocycles. The zero-order chi connectivity index (χ0) is 16.4. The average molecular weight is 306 g/mol. The lowest BCUT2D eigenvalue weighted by Crippen LogP contribution is -2.28. The molecule has 1 amide bonds. The Kier molecular flexibility index (Phi) is 7.99. The Hall–Kier alpha value is -1.52. The zero-order valence-electron chi connectivity index (χ0n) is 14.5. The highest BCUT2D eigenvalue weighted by Gasteiger charge is 2.31. The number of carbonyl (C=O) groups excluding carboxylic acids is 1. The molecule has 0 atom stereocenters. The fraction of sp³-hybridized carbons (Fsp3) is 0.765. The smallest absolute Gasteiger partial charge is 0.232 e. The molecule has 0 spiro atoms. The third-order valence-electron chi connectivity index (χ3n) is 4.39. The number of nitrogens with one attached hydrogen (secondary N) is 1. The number of rotatable bonds is 10. The third-order valence-corrected chi connectivity index (χ3v) is 4.39. The summed E-state index contributed by atoms with van der Waals surface area (Å²) in [5.74, 6) is 1.16. The number of anilines is 1. The van der Waals surface area contributed by atoms with Crippen molar-refractivity contribution in [2.75, 3.05) is 5.32 Å². The van der Waals surface area contributed by atoms with Gasteiger partial charge in [0.1, 0.15) is 12.2 Å². The summed E-state index contributed by atoms with van der Waals surface area (Å²) in [5.41, 5.74) is -0.0116. The lowest BCUT2D eigenvalue weighted by atomic mass is 9.77. The first kappa shape index (κ1) is 18.5. The van der Waals surface area contributed by atoms with Crippen molar-refractivity contribution in [3.8, 4) is 0 Å². The molecule has 1 rings (SSSR count). The van der Waals surface area contributed by atoms with Crippen LogP contribution in [0.15, 0.2) is 6.33 Å². The molecular formula is C17H30N4O. The number of carbonyl (C=O) groups is 1. The summed E-state index contributed by atoms with van der Waals surface area (Å²) < 4.78 is 0. The van der Waals surface area contributed by atoms with Gasteiger partial charge in [-0.15, -0.1) is 0 Å². The number of unbranched alkanes of at least 4 members (excludes halogenated alkanes) is 2. The van der Waals surface area contributed by atoms with Crippen molar-refractivity contribution in [2.24, 2.45) is 0 Å². The highest BCUT2D eigenvalue weighted by molar-refractivity contribution is 5.88. The number of aromatic nitrogens is 3. The molecule has 0 aliphatic carbocycles. The first-order valence-electron chi connectivity index (χ1n) is 8.61. The monoisotopic (exact) mass is 306 g/mol. The van der Waals surface area contributed by atoms with Crippen LogP contribution in [0.4, 0.5) is 5.95 Å². The Morgan fingerprint density at radius 3 is 2.41 bits per heavy atom. The molecule has 5 nitrogen and oxygen atoms in total. The van der Waals surface area contributed by atoms with E-state index >= 15 is 0 Å². The van der Waals surface area contributed by atoms with Crippen molar-refractivity contribution >= 4 is 11.9 Å². The standard InChI is InChI=1S/C17H30N4O/c1-5-9-10-12-17(7-3,8-4)15-18-13-19-16(21-15)20-14(22)11-6-2/h13H,5-12H2,1-4H3,(H,18,19,20,21,22). The lowest BCUT2D eigenvalue weighted by molar-refractivity contribution is -0.116. The van der Waals surface area contributed by atoms with Gasteiger partial charge in [0.15, 0.2) is 0 Å². The van der Waals surface area contributed by atoms with E-state index in [4.69, 9.17) is 0 Å². The summed E-state index contributed by atoms with van der Waals surface area (Å²) in [6.07, 6.45) is 9.52. The number of nitrogens with zero attached hydrogens (tertiary/aromatic N) is 3. The molecule has 0 unspecified atom stereocenters. The summed E-state index contributed by atoms with van der Waals surface area (Å²) in [7, 11) is 0. The van der Waals surface area contributed by atoms with Gasteiger partial charge in [0.2, 0.25) is 11.9 Å². The van der Waals surface area contributed by atoms with Gasteiger partial charge in [0, 0.05) is 11.8 Å². The molecule has 5 heteroatoms. The van der Waals surface area contributed by atoms with Gasteiger partial charge in [0.25, 0.3) is 0 Å². The fourth-order valence-corrected chi connectivity index (χ4v) is 2.77. The molecule has 1 aromatic heterocycles. The second-order valence-corrected chi connectivity index (χ2v) is 5.88. The minimum atomic E-state index is -0.0378. The molecule has 1 N–H and O–H groups in total. The van der Waals surface area contributed by atoms with Crippen LogP contribution >= 0.6 is 0 Å². The predicted molar refractivity (Wildman–Crippen MR) is 89.8 cm³/mol. The molecular weight excluding hydrogens is 276 g/mol. The van der Waals surface area contributed by atoms with Crippen molar-refractivity contribution in [1.82, 2.24) is 15.0 Å². The topological polar surface area (TPSA) is 67.8 Å². The SMILES string of the molecule is CCCCCC(CC)(CC)c1ncnc(NC(=O)CCC)n1. The van der Waals surface area contributed by atoms with Crippen LogP contribution in [0.1, 0.15) is 84.9 Å². The van der Waals surface area contributed by atoms with Gasteiger partial charge in [-0.1, -0.05) is 47.0 Å². The number of hydrogen-bond acceptors (Lipinski definition) is 4. The highest BCUT2D eigenvalue weighted by Crippen LogP contribution is 2.34. The second-order valence-electron chi connectivity index (χ2n) is 5.88. The number of hydrogen-bond donors (Lipinski definition) is 1. The molecule has 0 aliphatic heterocycles. The molecule has 1 heterocycles. The Labute approximate surface area is 134 Å². The van der Waals surface area contributed by atoms with Gasteiger partial charge < -0.3 is 0 Å². The van der Waals surface area contributed by atoms with Crippen molar-refractivity contribution < 1.29 is 4.79 Å². The maximum absolute atomic E-state index is 11.7. The van der Waals surface area contributed by atoms with Crippen LogP contribution in [0.5, 0.6) is 0 Å². The molecule has 1 aromatic rings. The van der Waals surface area contributed by atoms with Gasteiger partial charge in [-0.05, 0) is 25.7 Å². The fourth-order valence-electron chi connectivity index (χ4n) is 2.77. The molecule has 22 heavy (non-hydrogen) atoms. The first-order chi connectivity index (χ1) is 10.6. The van der Waals surface area contributed by atoms with E-state index in [-0.39, 0.29) is 11.3 Å². The predicted octanol–water partition coefficient (Wildman–Crippen LogP) is 4.25. The molecule has 0 saturated carbocycles. The minimum absolute atomic E-state index is 0.0116. The largest absolute Gasteiger partial charge is 0.294 e. The van der Waals surface area contributed by atoms with Crippen molar-refractivity contribution in [1.29, 1.82) is 0 Å². The maximum atomic E-state index is 11.7. The van der Waals surface area contributed by atoms with Gasteiger partial charge in [-0.3, -0.25) is 10.1 Å². The van der Waals surface area contributed by atoms with Crippen LogP contribution < -0.4 is 5.32 Å². The Morgan fingerprint density at radius 1 is 1.09 bits per heavy atom. The maximum Gasteiger partial charge on any atom is 0.232 e. The van der Waals surface area contributed by atoms with Crippen LogP contribution in [0.2, 0.25) is 0 Å². The second kappa shape index (κ2) is 9.49. The Morgan fingerprint density at radius 2 is 1.82 bits per heavy atom. The Balaban J connectivity index is 2.92. The van der Waals surface area contributed by atoms with E-state index in [0.29, 0.717) is 12.4 Å². The average Bonchev–Trinajstić information content (AvgIpc) is 2.52. The molecule has 0 radical (unpaired) electrons. The molecule has 0 bridgehead atoms. The summed E-state index contributed by atoms with van der Waals surface area (Å²) in [4.78, 5) is 24.7. The van der Waals surface area contributed by atoms with E-state index in [0.717, 1.165) is 31.5 Å². The summed E-state index contributed by atoms with van der Waals surface area (Å²) in [5, 5.41) is 2.77. The van der Waals surface area contributed by atoms with E-state index in [1.54, 1.807) is 0 Å². The highest BCUT2D eigenvalue weighted by atomic mass is 16.1. The molecule has 0 saturated heterocycles. The van der Waals surface area contributed by atoms with Gasteiger partial charge >= 0.3 is 0 Å². The minimum Gasteiger partial charge on any atom is -0.294 e.